The Morgan fingerprint density at radius 1 is 1.33 bits per heavy atom. The van der Waals surface area contributed by atoms with Crippen LogP contribution < -0.4 is 11.1 Å². The number of carbonyl (C=O) groups excluding carboxylic acids is 1. The van der Waals surface area contributed by atoms with Gasteiger partial charge in [0.25, 0.3) is 0 Å². The normalized spacial score (nSPS) is 26.7. The highest BCUT2D eigenvalue weighted by Crippen LogP contribution is 2.28. The van der Waals surface area contributed by atoms with Gasteiger partial charge >= 0.3 is 0 Å². The van der Waals surface area contributed by atoms with Crippen molar-refractivity contribution in [1.82, 2.24) is 5.32 Å². The van der Waals surface area contributed by atoms with Gasteiger partial charge in [-0.2, -0.15) is 0 Å². The van der Waals surface area contributed by atoms with E-state index in [9.17, 15) is 4.79 Å². The molecule has 0 unspecified atom stereocenters. The van der Waals surface area contributed by atoms with Gasteiger partial charge in [-0.3, -0.25) is 4.79 Å². The van der Waals surface area contributed by atoms with E-state index in [-0.39, 0.29) is 11.8 Å². The van der Waals surface area contributed by atoms with Gasteiger partial charge < -0.3 is 11.1 Å². The molecular formula is C12H24N2O. The van der Waals surface area contributed by atoms with Gasteiger partial charge in [-0.15, -0.1) is 0 Å². The Bertz CT molecular complexity index is 196. The first-order valence-corrected chi connectivity index (χ1v) is 6.11. The maximum Gasteiger partial charge on any atom is 0.223 e. The summed E-state index contributed by atoms with van der Waals surface area (Å²) in [5.41, 5.74) is 5.62. The number of rotatable bonds is 4. The fourth-order valence-corrected chi connectivity index (χ4v) is 2.11. The van der Waals surface area contributed by atoms with E-state index >= 15 is 0 Å². The molecule has 1 rings (SSSR count). The summed E-state index contributed by atoms with van der Waals surface area (Å²) in [4.78, 5) is 11.8. The van der Waals surface area contributed by atoms with Crippen molar-refractivity contribution in [2.24, 2.45) is 23.5 Å². The van der Waals surface area contributed by atoms with Crippen LogP contribution in [0.3, 0.4) is 0 Å². The van der Waals surface area contributed by atoms with Gasteiger partial charge in [-0.1, -0.05) is 13.8 Å². The molecule has 0 heterocycles. The molecule has 0 aromatic carbocycles. The van der Waals surface area contributed by atoms with E-state index in [0.29, 0.717) is 11.8 Å². The van der Waals surface area contributed by atoms with Crippen LogP contribution in [0.25, 0.3) is 0 Å². The third-order valence-corrected chi connectivity index (χ3v) is 3.24. The van der Waals surface area contributed by atoms with Crippen LogP contribution in [-0.4, -0.2) is 19.0 Å². The van der Waals surface area contributed by atoms with Crippen molar-refractivity contribution in [2.75, 3.05) is 13.1 Å². The van der Waals surface area contributed by atoms with Crippen molar-refractivity contribution in [3.63, 3.8) is 0 Å². The minimum atomic E-state index is 0.242. The lowest BCUT2D eigenvalue weighted by atomic mass is 9.81. The van der Waals surface area contributed by atoms with E-state index in [1.807, 2.05) is 0 Å². The highest BCUT2D eigenvalue weighted by Gasteiger charge is 2.25. The van der Waals surface area contributed by atoms with E-state index < -0.39 is 0 Å². The maximum atomic E-state index is 11.8. The largest absolute Gasteiger partial charge is 0.356 e. The average Bonchev–Trinajstić information content (AvgIpc) is 2.26. The van der Waals surface area contributed by atoms with E-state index in [0.717, 1.165) is 38.8 Å². The zero-order valence-electron chi connectivity index (χ0n) is 9.96. The van der Waals surface area contributed by atoms with Crippen LogP contribution in [0, 0.1) is 17.8 Å². The summed E-state index contributed by atoms with van der Waals surface area (Å²) in [5.74, 6) is 1.68. The Morgan fingerprint density at radius 2 is 1.93 bits per heavy atom. The van der Waals surface area contributed by atoms with E-state index in [1.54, 1.807) is 0 Å². The fraction of sp³-hybridized carbons (Fsp3) is 0.917. The molecule has 88 valence electrons. The number of carbonyl (C=O) groups is 1. The summed E-state index contributed by atoms with van der Waals surface area (Å²) in [5, 5.41) is 3.01. The second-order valence-corrected chi connectivity index (χ2v) is 5.09. The summed E-state index contributed by atoms with van der Waals surface area (Å²) in [7, 11) is 0. The van der Waals surface area contributed by atoms with E-state index in [4.69, 9.17) is 5.73 Å². The lowest BCUT2D eigenvalue weighted by Crippen LogP contribution is -2.36. The van der Waals surface area contributed by atoms with Crippen molar-refractivity contribution in [3.05, 3.63) is 0 Å². The van der Waals surface area contributed by atoms with Crippen molar-refractivity contribution in [3.8, 4) is 0 Å². The van der Waals surface area contributed by atoms with E-state index in [2.05, 4.69) is 19.2 Å². The Hall–Kier alpha value is -0.570. The Kier molecular flexibility index (Phi) is 5.09. The molecule has 1 amide bonds. The van der Waals surface area contributed by atoms with Gasteiger partial charge in [0.15, 0.2) is 0 Å². The minimum Gasteiger partial charge on any atom is -0.356 e. The second-order valence-electron chi connectivity index (χ2n) is 5.09. The lowest BCUT2D eigenvalue weighted by molar-refractivity contribution is -0.126. The Balaban J connectivity index is 2.24. The monoisotopic (exact) mass is 212 g/mol. The van der Waals surface area contributed by atoms with Gasteiger partial charge in [0.2, 0.25) is 5.91 Å². The molecule has 0 bridgehead atoms. The zero-order chi connectivity index (χ0) is 11.3. The van der Waals surface area contributed by atoms with Crippen LogP contribution >= 0.6 is 0 Å². The van der Waals surface area contributed by atoms with Gasteiger partial charge in [0.1, 0.15) is 0 Å². The molecule has 0 aliphatic heterocycles. The molecule has 3 nitrogen and oxygen atoms in total. The van der Waals surface area contributed by atoms with Crippen LogP contribution in [0.1, 0.15) is 39.5 Å². The van der Waals surface area contributed by atoms with Crippen molar-refractivity contribution >= 4 is 5.91 Å². The molecular weight excluding hydrogens is 188 g/mol. The highest BCUT2D eigenvalue weighted by atomic mass is 16.1. The van der Waals surface area contributed by atoms with Gasteiger partial charge in [-0.05, 0) is 44.1 Å². The molecule has 15 heavy (non-hydrogen) atoms. The molecule has 3 N–H and O–H groups in total. The quantitative estimate of drug-likeness (QED) is 0.742. The molecule has 1 saturated carbocycles. The molecule has 0 aromatic heterocycles. The minimum absolute atomic E-state index is 0.242. The van der Waals surface area contributed by atoms with Gasteiger partial charge in [0, 0.05) is 12.5 Å². The molecule has 3 heteroatoms. The fourth-order valence-electron chi connectivity index (χ4n) is 2.11. The summed E-state index contributed by atoms with van der Waals surface area (Å²) < 4.78 is 0. The first kappa shape index (κ1) is 12.5. The van der Waals surface area contributed by atoms with Crippen LogP contribution in [0.5, 0.6) is 0 Å². The standard InChI is InChI=1S/C12H24N2O/c1-9(2)8-14-12(15)11-5-3-10(7-13)4-6-11/h9-11H,3-8,13H2,1-2H3,(H,14,15). The predicted molar refractivity (Wildman–Crippen MR) is 62.4 cm³/mol. The predicted octanol–water partition coefficient (Wildman–Crippen LogP) is 1.52. The molecule has 1 fully saturated rings. The van der Waals surface area contributed by atoms with Gasteiger partial charge in [0.05, 0.1) is 0 Å². The molecule has 0 saturated heterocycles. The zero-order valence-corrected chi connectivity index (χ0v) is 9.96. The summed E-state index contributed by atoms with van der Waals surface area (Å²) in [6, 6.07) is 0. The first-order chi connectivity index (χ1) is 7.13. The molecule has 0 radical (unpaired) electrons. The van der Waals surface area contributed by atoms with E-state index in [1.165, 1.54) is 0 Å². The van der Waals surface area contributed by atoms with Crippen LogP contribution in [-0.2, 0) is 4.79 Å². The summed E-state index contributed by atoms with van der Waals surface area (Å²) in [6.45, 7) is 5.81. The van der Waals surface area contributed by atoms with Crippen molar-refractivity contribution < 1.29 is 4.79 Å². The van der Waals surface area contributed by atoms with Crippen molar-refractivity contribution in [1.29, 1.82) is 0 Å². The summed E-state index contributed by atoms with van der Waals surface area (Å²) in [6.07, 6.45) is 4.28. The lowest BCUT2D eigenvalue weighted by Gasteiger charge is -2.27. The molecule has 0 atom stereocenters. The third kappa shape index (κ3) is 4.20. The molecule has 1 aliphatic carbocycles. The van der Waals surface area contributed by atoms with Crippen LogP contribution in [0.2, 0.25) is 0 Å². The molecule has 0 aromatic rings. The average molecular weight is 212 g/mol. The Labute approximate surface area is 92.8 Å². The van der Waals surface area contributed by atoms with Gasteiger partial charge in [-0.25, -0.2) is 0 Å². The SMILES string of the molecule is CC(C)CNC(=O)C1CCC(CN)CC1. The number of hydrogen-bond donors (Lipinski definition) is 2. The maximum absolute atomic E-state index is 11.8. The number of nitrogens with two attached hydrogens (primary N) is 1. The van der Waals surface area contributed by atoms with Crippen LogP contribution in [0.4, 0.5) is 0 Å². The number of amides is 1. The number of nitrogens with one attached hydrogen (secondary N) is 1. The third-order valence-electron chi connectivity index (χ3n) is 3.24. The first-order valence-electron chi connectivity index (χ1n) is 6.11. The second kappa shape index (κ2) is 6.11. The van der Waals surface area contributed by atoms with Crippen molar-refractivity contribution in [2.45, 2.75) is 39.5 Å². The summed E-state index contributed by atoms with van der Waals surface area (Å²) >= 11 is 0. The highest BCUT2D eigenvalue weighted by molar-refractivity contribution is 5.78. The number of hydrogen-bond acceptors (Lipinski definition) is 2. The smallest absolute Gasteiger partial charge is 0.223 e. The Morgan fingerprint density at radius 3 is 2.40 bits per heavy atom. The molecule has 1 aliphatic rings. The van der Waals surface area contributed by atoms with Crippen LogP contribution in [0.15, 0.2) is 0 Å². The topological polar surface area (TPSA) is 55.1 Å². The molecule has 0 spiro atoms.